The molecule has 0 bridgehead atoms. The van der Waals surface area contributed by atoms with E-state index in [0.717, 1.165) is 25.7 Å². The van der Waals surface area contributed by atoms with Crippen LogP contribution in [-0.2, 0) is 9.59 Å². The normalized spacial score (nSPS) is 29.5. The maximum Gasteiger partial charge on any atom is 0.306 e. The third-order valence-electron chi connectivity index (χ3n) is 4.65. The predicted molar refractivity (Wildman–Crippen MR) is 72.7 cm³/mol. The maximum atomic E-state index is 12.2. The molecule has 0 radical (unpaired) electrons. The number of hydrogen-bond acceptors (Lipinski definition) is 2. The van der Waals surface area contributed by atoms with Gasteiger partial charge in [-0.15, -0.1) is 0 Å². The number of rotatable bonds is 3. The number of carbonyl (C=O) groups excluding carboxylic acids is 1. The molecule has 1 amide bonds. The summed E-state index contributed by atoms with van der Waals surface area (Å²) >= 11 is 0. The summed E-state index contributed by atoms with van der Waals surface area (Å²) in [6.45, 7) is 0. The summed E-state index contributed by atoms with van der Waals surface area (Å²) in [5.74, 6) is -0.486. The van der Waals surface area contributed by atoms with E-state index in [1.165, 1.54) is 25.7 Å². The van der Waals surface area contributed by atoms with Crippen molar-refractivity contribution in [2.75, 3.05) is 0 Å². The smallest absolute Gasteiger partial charge is 0.306 e. The minimum absolute atomic E-state index is 0.194. The summed E-state index contributed by atoms with van der Waals surface area (Å²) in [5.41, 5.74) is 0. The Morgan fingerprint density at radius 3 is 1.89 bits per heavy atom. The van der Waals surface area contributed by atoms with Crippen LogP contribution in [0.25, 0.3) is 0 Å². The second kappa shape index (κ2) is 6.92. The molecule has 2 aliphatic carbocycles. The first-order chi connectivity index (χ1) is 9.16. The fourth-order valence-corrected chi connectivity index (χ4v) is 3.35. The van der Waals surface area contributed by atoms with Crippen LogP contribution in [0.15, 0.2) is 0 Å². The molecule has 0 aliphatic heterocycles. The molecule has 4 nitrogen and oxygen atoms in total. The average molecular weight is 267 g/mol. The van der Waals surface area contributed by atoms with E-state index in [-0.39, 0.29) is 23.8 Å². The summed E-state index contributed by atoms with van der Waals surface area (Å²) in [7, 11) is 0. The quantitative estimate of drug-likeness (QED) is 0.773. The Bertz CT molecular complexity index is 313. The lowest BCUT2D eigenvalue weighted by molar-refractivity contribution is -0.142. The van der Waals surface area contributed by atoms with Crippen molar-refractivity contribution in [3.63, 3.8) is 0 Å². The highest BCUT2D eigenvalue weighted by atomic mass is 16.4. The molecule has 0 aromatic heterocycles. The van der Waals surface area contributed by atoms with Gasteiger partial charge in [-0.25, -0.2) is 0 Å². The van der Waals surface area contributed by atoms with E-state index in [0.29, 0.717) is 12.8 Å². The predicted octanol–water partition coefficient (Wildman–Crippen LogP) is 2.72. The van der Waals surface area contributed by atoms with Crippen LogP contribution in [0.1, 0.15) is 64.2 Å². The number of aliphatic carboxylic acids is 1. The number of carbonyl (C=O) groups is 2. The molecule has 0 aromatic carbocycles. The monoisotopic (exact) mass is 267 g/mol. The first kappa shape index (κ1) is 14.4. The topological polar surface area (TPSA) is 66.4 Å². The fraction of sp³-hybridized carbons (Fsp3) is 0.867. The lowest BCUT2D eigenvalue weighted by atomic mass is 9.85. The standard InChI is InChI=1S/C15H25NO3/c17-14(11-5-3-1-2-4-6-11)16-13-9-7-12(8-10-13)15(18)19/h11-13H,1-10H2,(H,16,17)(H,18,19). The molecular formula is C15H25NO3. The lowest BCUT2D eigenvalue weighted by Gasteiger charge is -2.28. The molecule has 0 aromatic rings. The molecule has 2 fully saturated rings. The van der Waals surface area contributed by atoms with Crippen molar-refractivity contribution in [2.45, 2.75) is 70.3 Å². The minimum atomic E-state index is -0.687. The third-order valence-corrected chi connectivity index (χ3v) is 4.65. The van der Waals surface area contributed by atoms with Crippen molar-refractivity contribution < 1.29 is 14.7 Å². The summed E-state index contributed by atoms with van der Waals surface area (Å²) < 4.78 is 0. The van der Waals surface area contributed by atoms with Crippen LogP contribution in [-0.4, -0.2) is 23.0 Å². The van der Waals surface area contributed by atoms with Gasteiger partial charge in [-0.2, -0.15) is 0 Å². The molecule has 19 heavy (non-hydrogen) atoms. The molecule has 108 valence electrons. The van der Waals surface area contributed by atoms with Gasteiger partial charge < -0.3 is 10.4 Å². The molecule has 2 N–H and O–H groups in total. The van der Waals surface area contributed by atoms with Gasteiger partial charge >= 0.3 is 5.97 Å². The number of carboxylic acids is 1. The fourth-order valence-electron chi connectivity index (χ4n) is 3.35. The zero-order chi connectivity index (χ0) is 13.7. The van der Waals surface area contributed by atoms with Gasteiger partial charge in [0.25, 0.3) is 0 Å². The van der Waals surface area contributed by atoms with Gasteiger partial charge in [-0.1, -0.05) is 25.7 Å². The number of carboxylic acid groups (broad SMARTS) is 1. The van der Waals surface area contributed by atoms with Crippen LogP contribution in [0, 0.1) is 11.8 Å². The Morgan fingerprint density at radius 2 is 1.37 bits per heavy atom. The van der Waals surface area contributed by atoms with Crippen molar-refractivity contribution in [3.8, 4) is 0 Å². The molecular weight excluding hydrogens is 242 g/mol. The van der Waals surface area contributed by atoms with Crippen LogP contribution < -0.4 is 5.32 Å². The first-order valence-electron chi connectivity index (χ1n) is 7.70. The molecule has 0 spiro atoms. The van der Waals surface area contributed by atoms with E-state index in [1.807, 2.05) is 0 Å². The summed E-state index contributed by atoms with van der Waals surface area (Å²) in [6.07, 6.45) is 9.93. The molecule has 0 saturated heterocycles. The summed E-state index contributed by atoms with van der Waals surface area (Å²) in [6, 6.07) is 0.200. The Morgan fingerprint density at radius 1 is 0.789 bits per heavy atom. The highest BCUT2D eigenvalue weighted by Gasteiger charge is 2.28. The van der Waals surface area contributed by atoms with Gasteiger partial charge in [0, 0.05) is 12.0 Å². The molecule has 2 aliphatic rings. The summed E-state index contributed by atoms with van der Waals surface area (Å²) in [5, 5.41) is 12.1. The third kappa shape index (κ3) is 4.22. The van der Waals surface area contributed by atoms with Gasteiger partial charge in [-0.3, -0.25) is 9.59 Å². The van der Waals surface area contributed by atoms with Crippen LogP contribution in [0.2, 0.25) is 0 Å². The number of amides is 1. The largest absolute Gasteiger partial charge is 0.481 e. The van der Waals surface area contributed by atoms with Crippen molar-refractivity contribution in [3.05, 3.63) is 0 Å². The number of hydrogen-bond donors (Lipinski definition) is 2. The molecule has 2 saturated carbocycles. The van der Waals surface area contributed by atoms with Crippen LogP contribution in [0.4, 0.5) is 0 Å². The van der Waals surface area contributed by atoms with E-state index in [9.17, 15) is 9.59 Å². The summed E-state index contributed by atoms with van der Waals surface area (Å²) in [4.78, 5) is 23.1. The molecule has 4 heteroatoms. The van der Waals surface area contributed by atoms with Gasteiger partial charge in [0.2, 0.25) is 5.91 Å². The van der Waals surface area contributed by atoms with E-state index in [4.69, 9.17) is 5.11 Å². The zero-order valence-corrected chi connectivity index (χ0v) is 11.6. The molecule has 2 rings (SSSR count). The van der Waals surface area contributed by atoms with Crippen LogP contribution >= 0.6 is 0 Å². The Labute approximate surface area is 115 Å². The SMILES string of the molecule is O=C(O)C1CCC(NC(=O)C2CCCCCC2)CC1. The maximum absolute atomic E-state index is 12.2. The van der Waals surface area contributed by atoms with Crippen molar-refractivity contribution in [2.24, 2.45) is 11.8 Å². The van der Waals surface area contributed by atoms with E-state index in [2.05, 4.69) is 5.32 Å². The lowest BCUT2D eigenvalue weighted by Crippen LogP contribution is -2.41. The van der Waals surface area contributed by atoms with Crippen LogP contribution in [0.3, 0.4) is 0 Å². The van der Waals surface area contributed by atoms with Gasteiger partial charge in [0.15, 0.2) is 0 Å². The van der Waals surface area contributed by atoms with Crippen molar-refractivity contribution in [1.29, 1.82) is 0 Å². The van der Waals surface area contributed by atoms with E-state index >= 15 is 0 Å². The number of nitrogens with one attached hydrogen (secondary N) is 1. The van der Waals surface area contributed by atoms with Gasteiger partial charge in [-0.05, 0) is 38.5 Å². The van der Waals surface area contributed by atoms with E-state index < -0.39 is 5.97 Å². The molecule has 0 heterocycles. The van der Waals surface area contributed by atoms with Crippen LogP contribution in [0.5, 0.6) is 0 Å². The van der Waals surface area contributed by atoms with Crippen molar-refractivity contribution in [1.82, 2.24) is 5.32 Å². The van der Waals surface area contributed by atoms with Crippen molar-refractivity contribution >= 4 is 11.9 Å². The Kier molecular flexibility index (Phi) is 5.23. The second-order valence-electron chi connectivity index (χ2n) is 6.08. The second-order valence-corrected chi connectivity index (χ2v) is 6.08. The van der Waals surface area contributed by atoms with Gasteiger partial charge in [0.05, 0.1) is 5.92 Å². The molecule has 0 atom stereocenters. The highest BCUT2D eigenvalue weighted by molar-refractivity contribution is 5.79. The Balaban J connectivity index is 1.75. The molecule has 0 unspecified atom stereocenters. The Hall–Kier alpha value is -1.06. The van der Waals surface area contributed by atoms with E-state index in [1.54, 1.807) is 0 Å². The first-order valence-corrected chi connectivity index (χ1v) is 7.70. The average Bonchev–Trinajstić information content (AvgIpc) is 2.68. The zero-order valence-electron chi connectivity index (χ0n) is 11.6. The minimum Gasteiger partial charge on any atom is -0.481 e. The highest BCUT2D eigenvalue weighted by Crippen LogP contribution is 2.26. The van der Waals surface area contributed by atoms with Gasteiger partial charge in [0.1, 0.15) is 0 Å².